The molecule has 0 amide bonds. The first-order chi connectivity index (χ1) is 9.69. The van der Waals surface area contributed by atoms with Gasteiger partial charge in [0.1, 0.15) is 0 Å². The number of hydrogen-bond donors (Lipinski definition) is 1. The van der Waals surface area contributed by atoms with E-state index in [1.54, 1.807) is 24.6 Å². The third kappa shape index (κ3) is 3.19. The fourth-order valence-electron chi connectivity index (χ4n) is 2.32. The zero-order valence-electron chi connectivity index (χ0n) is 12.5. The minimum absolute atomic E-state index is 0.153. The molecule has 5 nitrogen and oxygen atoms in total. The molecule has 2 rings (SSSR count). The molecule has 0 saturated heterocycles. The van der Waals surface area contributed by atoms with Crippen molar-refractivity contribution in [2.75, 3.05) is 14.2 Å². The Morgan fingerprint density at radius 3 is 2.85 bits per heavy atom. The van der Waals surface area contributed by atoms with Crippen LogP contribution < -0.4 is 10.1 Å². The number of thiazole rings is 1. The molecule has 0 aliphatic rings. The van der Waals surface area contributed by atoms with Gasteiger partial charge in [0.15, 0.2) is 5.75 Å². The lowest BCUT2D eigenvalue weighted by molar-refractivity contribution is 0.393. The lowest BCUT2D eigenvalue weighted by Gasteiger charge is -2.18. The van der Waals surface area contributed by atoms with Crippen LogP contribution in [0.4, 0.5) is 0 Å². The monoisotopic (exact) mass is 294 g/mol. The van der Waals surface area contributed by atoms with E-state index in [2.05, 4.69) is 27.7 Å². The van der Waals surface area contributed by atoms with Gasteiger partial charge in [-0.15, -0.1) is 11.3 Å². The van der Waals surface area contributed by atoms with Gasteiger partial charge in [-0.25, -0.2) is 4.98 Å². The average molecular weight is 294 g/mol. The van der Waals surface area contributed by atoms with Gasteiger partial charge in [-0.05, 0) is 20.4 Å². The lowest BCUT2D eigenvalue weighted by Crippen LogP contribution is -2.23. The van der Waals surface area contributed by atoms with Gasteiger partial charge < -0.3 is 10.1 Å². The molecular formula is C14H22N4OS. The lowest BCUT2D eigenvalue weighted by atomic mass is 10.1. The Kier molecular flexibility index (Phi) is 5.14. The molecule has 0 spiro atoms. The molecule has 0 saturated carbocycles. The number of rotatable bonds is 7. The molecule has 1 atom stereocenters. The number of aromatic nitrogens is 3. The number of methoxy groups -OCH3 is 1. The molecule has 1 unspecified atom stereocenters. The van der Waals surface area contributed by atoms with Gasteiger partial charge in [0.25, 0.3) is 0 Å². The van der Waals surface area contributed by atoms with Gasteiger partial charge in [0.2, 0.25) is 0 Å². The maximum atomic E-state index is 5.46. The van der Waals surface area contributed by atoms with E-state index in [-0.39, 0.29) is 6.04 Å². The summed E-state index contributed by atoms with van der Waals surface area (Å²) in [6.07, 6.45) is 3.68. The summed E-state index contributed by atoms with van der Waals surface area (Å²) in [7, 11) is 3.66. The number of aryl methyl sites for hydroxylation is 2. The van der Waals surface area contributed by atoms with E-state index in [1.807, 2.05) is 18.7 Å². The van der Waals surface area contributed by atoms with Gasteiger partial charge in [-0.1, -0.05) is 6.92 Å². The standard InChI is InChI=1S/C14H22N4OS/c1-5-6-18-14(13(19-4)8-16-18)12(15-3)7-11-9-20-10(2)17-11/h8-9,12,15H,5-7H2,1-4H3. The fraction of sp³-hybridized carbons (Fsp3) is 0.571. The van der Waals surface area contributed by atoms with Crippen molar-refractivity contribution < 1.29 is 4.74 Å². The molecule has 0 fully saturated rings. The van der Waals surface area contributed by atoms with Crippen LogP contribution in [0, 0.1) is 6.92 Å². The summed E-state index contributed by atoms with van der Waals surface area (Å²) >= 11 is 1.69. The smallest absolute Gasteiger partial charge is 0.161 e. The molecule has 0 aliphatic carbocycles. The van der Waals surface area contributed by atoms with Crippen LogP contribution in [0.5, 0.6) is 5.75 Å². The summed E-state index contributed by atoms with van der Waals surface area (Å²) in [6, 6.07) is 0.153. The first-order valence-corrected chi connectivity index (χ1v) is 7.75. The molecule has 0 bridgehead atoms. The van der Waals surface area contributed by atoms with E-state index in [9.17, 15) is 0 Å². The molecular weight excluding hydrogens is 272 g/mol. The molecule has 1 N–H and O–H groups in total. The Morgan fingerprint density at radius 1 is 1.50 bits per heavy atom. The fourth-order valence-corrected chi connectivity index (χ4v) is 2.95. The van der Waals surface area contributed by atoms with Gasteiger partial charge in [-0.3, -0.25) is 4.68 Å². The second-order valence-corrected chi connectivity index (χ2v) is 5.79. The van der Waals surface area contributed by atoms with Crippen molar-refractivity contribution in [3.05, 3.63) is 28.0 Å². The van der Waals surface area contributed by atoms with Crippen LogP contribution in [0.2, 0.25) is 0 Å². The summed E-state index contributed by atoms with van der Waals surface area (Å²) in [5, 5.41) is 11.0. The second-order valence-electron chi connectivity index (χ2n) is 4.72. The van der Waals surface area contributed by atoms with Crippen LogP contribution in [0.3, 0.4) is 0 Å². The molecule has 2 heterocycles. The SMILES string of the molecule is CCCn1ncc(OC)c1C(Cc1csc(C)n1)NC. The molecule has 2 aromatic heterocycles. The summed E-state index contributed by atoms with van der Waals surface area (Å²) in [5.41, 5.74) is 2.21. The highest BCUT2D eigenvalue weighted by atomic mass is 32.1. The van der Waals surface area contributed by atoms with E-state index < -0.39 is 0 Å². The van der Waals surface area contributed by atoms with Crippen molar-refractivity contribution in [1.29, 1.82) is 0 Å². The van der Waals surface area contributed by atoms with Crippen LogP contribution in [-0.2, 0) is 13.0 Å². The van der Waals surface area contributed by atoms with Crippen molar-refractivity contribution in [1.82, 2.24) is 20.1 Å². The van der Waals surface area contributed by atoms with Crippen LogP contribution in [0.1, 0.15) is 35.8 Å². The van der Waals surface area contributed by atoms with Crippen LogP contribution in [0.25, 0.3) is 0 Å². The summed E-state index contributed by atoms with van der Waals surface area (Å²) in [4.78, 5) is 4.55. The van der Waals surface area contributed by atoms with E-state index in [0.29, 0.717) is 0 Å². The Balaban J connectivity index is 2.27. The number of nitrogens with one attached hydrogen (secondary N) is 1. The Morgan fingerprint density at radius 2 is 2.30 bits per heavy atom. The van der Waals surface area contributed by atoms with Crippen LogP contribution in [0.15, 0.2) is 11.6 Å². The first kappa shape index (κ1) is 15.0. The van der Waals surface area contributed by atoms with Crippen molar-refractivity contribution in [3.8, 4) is 5.75 Å². The summed E-state index contributed by atoms with van der Waals surface area (Å²) in [6.45, 7) is 5.08. The summed E-state index contributed by atoms with van der Waals surface area (Å²) < 4.78 is 7.48. The number of hydrogen-bond acceptors (Lipinski definition) is 5. The van der Waals surface area contributed by atoms with Crippen LogP contribution in [-0.4, -0.2) is 28.9 Å². The predicted octanol–water partition coefficient (Wildman–Crippen LogP) is 2.57. The van der Waals surface area contributed by atoms with Gasteiger partial charge in [0, 0.05) is 18.3 Å². The Bertz CT molecular complexity index is 549. The minimum atomic E-state index is 0.153. The Labute approximate surface area is 124 Å². The number of nitrogens with zero attached hydrogens (tertiary/aromatic N) is 3. The topological polar surface area (TPSA) is 52.0 Å². The quantitative estimate of drug-likeness (QED) is 0.852. The normalized spacial score (nSPS) is 12.6. The zero-order valence-corrected chi connectivity index (χ0v) is 13.3. The maximum absolute atomic E-state index is 5.46. The van der Waals surface area contributed by atoms with E-state index in [4.69, 9.17) is 4.74 Å². The van der Waals surface area contributed by atoms with Gasteiger partial charge in [-0.2, -0.15) is 5.10 Å². The molecule has 6 heteroatoms. The van der Waals surface area contributed by atoms with Crippen molar-refractivity contribution in [2.45, 2.75) is 39.3 Å². The van der Waals surface area contributed by atoms with Crippen molar-refractivity contribution in [3.63, 3.8) is 0 Å². The molecule has 110 valence electrons. The second kappa shape index (κ2) is 6.85. The van der Waals surface area contributed by atoms with Gasteiger partial charge >= 0.3 is 0 Å². The van der Waals surface area contributed by atoms with E-state index in [0.717, 1.165) is 41.5 Å². The van der Waals surface area contributed by atoms with E-state index >= 15 is 0 Å². The maximum Gasteiger partial charge on any atom is 0.161 e. The molecule has 0 radical (unpaired) electrons. The summed E-state index contributed by atoms with van der Waals surface area (Å²) in [5.74, 6) is 0.838. The molecule has 0 aromatic carbocycles. The molecule has 2 aromatic rings. The predicted molar refractivity (Wildman–Crippen MR) is 81.4 cm³/mol. The number of ether oxygens (including phenoxy) is 1. The highest BCUT2D eigenvalue weighted by Crippen LogP contribution is 2.28. The Hall–Kier alpha value is -1.40. The molecule has 0 aliphatic heterocycles. The highest BCUT2D eigenvalue weighted by molar-refractivity contribution is 7.09. The minimum Gasteiger partial charge on any atom is -0.493 e. The largest absolute Gasteiger partial charge is 0.493 e. The van der Waals surface area contributed by atoms with Crippen molar-refractivity contribution in [2.24, 2.45) is 0 Å². The third-order valence-corrected chi connectivity index (χ3v) is 4.08. The first-order valence-electron chi connectivity index (χ1n) is 6.87. The third-order valence-electron chi connectivity index (χ3n) is 3.26. The molecule has 20 heavy (non-hydrogen) atoms. The van der Waals surface area contributed by atoms with Gasteiger partial charge in [0.05, 0.1) is 35.7 Å². The van der Waals surface area contributed by atoms with Crippen LogP contribution >= 0.6 is 11.3 Å². The number of likely N-dealkylation sites (N-methyl/N-ethyl adjacent to an activating group) is 1. The average Bonchev–Trinajstić information content (AvgIpc) is 3.03. The highest BCUT2D eigenvalue weighted by Gasteiger charge is 2.21. The van der Waals surface area contributed by atoms with Crippen molar-refractivity contribution >= 4 is 11.3 Å². The zero-order chi connectivity index (χ0) is 14.5. The van der Waals surface area contributed by atoms with E-state index in [1.165, 1.54) is 0 Å².